The van der Waals surface area contributed by atoms with E-state index < -0.39 is 11.5 Å². The van der Waals surface area contributed by atoms with Gasteiger partial charge in [0.25, 0.3) is 0 Å². The minimum Gasteiger partial charge on any atom is -0.480 e. The summed E-state index contributed by atoms with van der Waals surface area (Å²) in [4.78, 5) is 11.9. The van der Waals surface area contributed by atoms with Crippen molar-refractivity contribution in [1.29, 1.82) is 0 Å². The van der Waals surface area contributed by atoms with Crippen molar-refractivity contribution in [3.63, 3.8) is 0 Å². The fraction of sp³-hybridized carbons (Fsp3) is 0.562. The van der Waals surface area contributed by atoms with E-state index in [9.17, 15) is 9.90 Å². The molecule has 5 heteroatoms. The zero-order valence-electron chi connectivity index (χ0n) is 12.4. The fourth-order valence-corrected chi connectivity index (χ4v) is 2.64. The number of carbonyl (C=O) groups is 1. The topological polar surface area (TPSA) is 67.8 Å². The average molecular weight is 293 g/mol. The number of carboxylic acid groups (broad SMARTS) is 1. The molecule has 1 aromatic carbocycles. The molecule has 2 rings (SSSR count). The van der Waals surface area contributed by atoms with E-state index in [4.69, 9.17) is 9.47 Å². The van der Waals surface area contributed by atoms with E-state index >= 15 is 0 Å². The molecule has 0 radical (unpaired) electrons. The van der Waals surface area contributed by atoms with E-state index in [0.717, 1.165) is 19.4 Å². The maximum Gasteiger partial charge on any atom is 0.331 e. The number of benzene rings is 1. The molecule has 116 valence electrons. The second kappa shape index (κ2) is 7.54. The Bertz CT molecular complexity index is 445. The monoisotopic (exact) mass is 293 g/mol. The van der Waals surface area contributed by atoms with Crippen LogP contribution in [-0.4, -0.2) is 43.5 Å². The largest absolute Gasteiger partial charge is 0.480 e. The summed E-state index contributed by atoms with van der Waals surface area (Å²) in [6, 6.07) is 9.17. The van der Waals surface area contributed by atoms with Gasteiger partial charge in [0.15, 0.2) is 5.54 Å². The summed E-state index contributed by atoms with van der Waals surface area (Å²) in [5.41, 5.74) is -0.513. The highest BCUT2D eigenvalue weighted by Gasteiger charge is 2.40. The Hall–Kier alpha value is -1.43. The van der Waals surface area contributed by atoms with E-state index in [1.165, 1.54) is 0 Å². The number of hydrogen-bond donors (Lipinski definition) is 2. The van der Waals surface area contributed by atoms with E-state index in [1.54, 1.807) is 0 Å². The molecular weight excluding hydrogens is 270 g/mol. The Morgan fingerprint density at radius 2 is 2.24 bits per heavy atom. The lowest BCUT2D eigenvalue weighted by molar-refractivity contribution is -0.149. The first kappa shape index (κ1) is 15.9. The molecule has 1 aliphatic heterocycles. The van der Waals surface area contributed by atoms with E-state index in [2.05, 4.69) is 5.32 Å². The Labute approximate surface area is 125 Å². The van der Waals surface area contributed by atoms with Crippen LogP contribution < -0.4 is 5.32 Å². The molecule has 0 spiro atoms. The third-order valence-electron chi connectivity index (χ3n) is 3.76. The first-order chi connectivity index (χ1) is 10.2. The minimum atomic E-state index is -1.21. The van der Waals surface area contributed by atoms with Crippen molar-refractivity contribution in [2.24, 2.45) is 0 Å². The molecule has 1 aliphatic rings. The normalized spacial score (nSPS) is 21.1. The van der Waals surface area contributed by atoms with Crippen LogP contribution in [0.15, 0.2) is 30.3 Å². The van der Waals surface area contributed by atoms with Crippen LogP contribution in [0.25, 0.3) is 0 Å². The lowest BCUT2D eigenvalue weighted by atomic mass is 9.90. The second-order valence-corrected chi connectivity index (χ2v) is 5.26. The average Bonchev–Trinajstić information content (AvgIpc) is 3.00. The Morgan fingerprint density at radius 1 is 1.48 bits per heavy atom. The lowest BCUT2D eigenvalue weighted by Crippen LogP contribution is -2.53. The Morgan fingerprint density at radius 3 is 2.81 bits per heavy atom. The summed E-state index contributed by atoms with van der Waals surface area (Å²) >= 11 is 0. The van der Waals surface area contributed by atoms with Crippen LogP contribution >= 0.6 is 0 Å². The molecule has 0 aliphatic carbocycles. The van der Waals surface area contributed by atoms with Gasteiger partial charge in [-0.3, -0.25) is 5.32 Å². The molecule has 2 atom stereocenters. The number of nitrogens with one attached hydrogen (secondary N) is 1. The van der Waals surface area contributed by atoms with Gasteiger partial charge in [0.2, 0.25) is 0 Å². The van der Waals surface area contributed by atoms with Crippen LogP contribution in [0.5, 0.6) is 0 Å². The predicted molar refractivity (Wildman–Crippen MR) is 79.2 cm³/mol. The number of rotatable bonds is 8. The van der Waals surface area contributed by atoms with E-state index in [1.807, 2.05) is 37.3 Å². The van der Waals surface area contributed by atoms with Crippen LogP contribution in [0.1, 0.15) is 25.3 Å². The van der Waals surface area contributed by atoms with Gasteiger partial charge in [-0.05, 0) is 24.9 Å². The number of carboxylic acids is 1. The van der Waals surface area contributed by atoms with Gasteiger partial charge in [0.05, 0.1) is 19.3 Å². The second-order valence-electron chi connectivity index (χ2n) is 5.26. The molecule has 0 amide bonds. The summed E-state index contributed by atoms with van der Waals surface area (Å²) in [7, 11) is 0. The summed E-state index contributed by atoms with van der Waals surface area (Å²) < 4.78 is 11.2. The van der Waals surface area contributed by atoms with Crippen LogP contribution in [0.4, 0.5) is 0 Å². The van der Waals surface area contributed by atoms with Crippen molar-refractivity contribution in [2.75, 3.05) is 26.4 Å². The van der Waals surface area contributed by atoms with Gasteiger partial charge in [-0.2, -0.15) is 0 Å². The third kappa shape index (κ3) is 3.81. The molecule has 0 bridgehead atoms. The molecule has 0 aromatic heterocycles. The van der Waals surface area contributed by atoms with Crippen molar-refractivity contribution in [3.8, 4) is 0 Å². The first-order valence-electron chi connectivity index (χ1n) is 7.42. The molecule has 1 saturated heterocycles. The highest BCUT2D eigenvalue weighted by atomic mass is 16.5. The van der Waals surface area contributed by atoms with Gasteiger partial charge in [-0.15, -0.1) is 0 Å². The first-order valence-corrected chi connectivity index (χ1v) is 7.42. The maximum absolute atomic E-state index is 11.9. The van der Waals surface area contributed by atoms with Gasteiger partial charge in [-0.1, -0.05) is 37.3 Å². The minimum absolute atomic E-state index is 0.0834. The van der Waals surface area contributed by atoms with Gasteiger partial charge in [0.1, 0.15) is 0 Å². The molecule has 1 aromatic rings. The molecule has 0 saturated carbocycles. The number of likely N-dealkylation sites (N-methyl/N-ethyl adjacent to an activating group) is 1. The molecular formula is C16H23NO4. The van der Waals surface area contributed by atoms with Gasteiger partial charge in [0, 0.05) is 6.61 Å². The predicted octanol–water partition coefficient (Wildman–Crippen LogP) is 1.77. The summed E-state index contributed by atoms with van der Waals surface area (Å²) in [5, 5.41) is 12.8. The van der Waals surface area contributed by atoms with Crippen LogP contribution in [-0.2, 0) is 19.8 Å². The molecule has 1 fully saturated rings. The lowest BCUT2D eigenvalue weighted by Gasteiger charge is -2.31. The van der Waals surface area contributed by atoms with Gasteiger partial charge < -0.3 is 14.6 Å². The number of aliphatic carboxylic acids is 1. The number of hydrogen-bond acceptors (Lipinski definition) is 4. The molecule has 5 nitrogen and oxygen atoms in total. The highest BCUT2D eigenvalue weighted by molar-refractivity contribution is 5.81. The maximum atomic E-state index is 11.9. The molecule has 2 unspecified atom stereocenters. The van der Waals surface area contributed by atoms with E-state index in [-0.39, 0.29) is 12.7 Å². The standard InChI is InChI=1S/C16H23NO4/c1-2-17-16(15(18)19,13-7-4-3-5-8-13)12-20-11-14-9-6-10-21-14/h3-5,7-8,14,17H,2,6,9-12H2,1H3,(H,18,19). The Kier molecular flexibility index (Phi) is 5.73. The molecule has 1 heterocycles. The third-order valence-corrected chi connectivity index (χ3v) is 3.76. The van der Waals surface area contributed by atoms with Gasteiger partial charge in [-0.25, -0.2) is 4.79 Å². The highest BCUT2D eigenvalue weighted by Crippen LogP contribution is 2.23. The molecule has 21 heavy (non-hydrogen) atoms. The van der Waals surface area contributed by atoms with Crippen LogP contribution in [0.3, 0.4) is 0 Å². The molecule has 2 N–H and O–H groups in total. The van der Waals surface area contributed by atoms with Crippen molar-refractivity contribution in [1.82, 2.24) is 5.32 Å². The van der Waals surface area contributed by atoms with Crippen molar-refractivity contribution in [2.45, 2.75) is 31.4 Å². The summed E-state index contributed by atoms with van der Waals surface area (Å²) in [6.45, 7) is 3.72. The Balaban J connectivity index is 2.09. The summed E-state index contributed by atoms with van der Waals surface area (Å²) in [5.74, 6) is -0.928. The smallest absolute Gasteiger partial charge is 0.331 e. The zero-order chi connectivity index (χ0) is 15.1. The van der Waals surface area contributed by atoms with Crippen molar-refractivity contribution in [3.05, 3.63) is 35.9 Å². The van der Waals surface area contributed by atoms with Crippen LogP contribution in [0.2, 0.25) is 0 Å². The fourth-order valence-electron chi connectivity index (χ4n) is 2.64. The van der Waals surface area contributed by atoms with Gasteiger partial charge >= 0.3 is 5.97 Å². The van der Waals surface area contributed by atoms with Crippen LogP contribution in [0, 0.1) is 0 Å². The van der Waals surface area contributed by atoms with E-state index in [0.29, 0.717) is 18.7 Å². The quantitative estimate of drug-likeness (QED) is 0.764. The van der Waals surface area contributed by atoms with Crippen molar-refractivity contribution < 1.29 is 19.4 Å². The zero-order valence-corrected chi connectivity index (χ0v) is 12.4. The SMILES string of the molecule is CCNC(COCC1CCCO1)(C(=O)O)c1ccccc1. The van der Waals surface area contributed by atoms with Crippen molar-refractivity contribution >= 4 is 5.97 Å². The number of ether oxygens (including phenoxy) is 2. The summed E-state index contributed by atoms with van der Waals surface area (Å²) in [6.07, 6.45) is 2.12.